The Balaban J connectivity index is 1.40. The number of fused-ring (bicyclic) bond motifs is 1. The molecule has 3 aromatic heterocycles. The first-order valence-corrected chi connectivity index (χ1v) is 16.2. The van der Waals surface area contributed by atoms with Crippen molar-refractivity contribution in [2.45, 2.75) is 12.8 Å². The van der Waals surface area contributed by atoms with Crippen LogP contribution >= 0.6 is 30.5 Å². The van der Waals surface area contributed by atoms with E-state index in [1.165, 1.54) is 7.11 Å². The van der Waals surface area contributed by atoms with Gasteiger partial charge in [-0.05, 0) is 66.8 Å². The minimum absolute atomic E-state index is 0.0933. The first-order chi connectivity index (χ1) is 20.4. The number of nitrogens with zero attached hydrogens (tertiary/aromatic N) is 2. The highest BCUT2D eigenvalue weighted by molar-refractivity contribution is 7.68. The third-order valence-corrected chi connectivity index (χ3v) is 11.3. The zero-order valence-corrected chi connectivity index (χ0v) is 25.2. The third-order valence-electron chi connectivity index (χ3n) is 7.42. The Morgan fingerprint density at radius 2 is 1.81 bits per heavy atom. The fourth-order valence-electron chi connectivity index (χ4n) is 5.17. The number of hydrogen-bond donors (Lipinski definition) is 1. The van der Waals surface area contributed by atoms with Gasteiger partial charge in [0, 0.05) is 54.6 Å². The first kappa shape index (κ1) is 28.6. The van der Waals surface area contributed by atoms with Crippen LogP contribution < -0.4 is 9.97 Å². The van der Waals surface area contributed by atoms with Gasteiger partial charge in [0.05, 0.1) is 11.0 Å². The fourth-order valence-corrected chi connectivity index (χ4v) is 8.47. The average molecular weight is 623 g/mol. The lowest BCUT2D eigenvalue weighted by molar-refractivity contribution is 0.0683. The van der Waals surface area contributed by atoms with Crippen molar-refractivity contribution in [3.05, 3.63) is 88.9 Å². The molecule has 5 aromatic rings. The van der Waals surface area contributed by atoms with E-state index in [1.54, 1.807) is 41.2 Å². The van der Waals surface area contributed by atoms with Gasteiger partial charge in [-0.3, -0.25) is 14.2 Å². The van der Waals surface area contributed by atoms with E-state index in [2.05, 4.69) is 4.98 Å². The highest BCUT2D eigenvalue weighted by Gasteiger charge is 2.38. The summed E-state index contributed by atoms with van der Waals surface area (Å²) in [6.45, 7) is 1.56. The van der Waals surface area contributed by atoms with Gasteiger partial charge in [-0.1, -0.05) is 35.9 Å². The molecular weight excluding hydrogens is 595 g/mol. The van der Waals surface area contributed by atoms with Crippen LogP contribution in [0.15, 0.2) is 83.4 Å². The molecule has 0 amide bonds. The van der Waals surface area contributed by atoms with Crippen LogP contribution in [0.3, 0.4) is 0 Å². The van der Waals surface area contributed by atoms with Crippen LogP contribution in [0.4, 0.5) is 5.69 Å². The summed E-state index contributed by atoms with van der Waals surface area (Å²) >= 11 is 7.27. The number of halogens is 1. The van der Waals surface area contributed by atoms with Crippen molar-refractivity contribution >= 4 is 58.5 Å². The lowest BCUT2D eigenvalue weighted by atomic mass is 10.0. The molecule has 2 aromatic carbocycles. The monoisotopic (exact) mass is 622 g/mol. The summed E-state index contributed by atoms with van der Waals surface area (Å²) in [5.74, 6) is -0.250. The molecule has 0 spiro atoms. The topological polar surface area (TPSA) is 102 Å². The molecule has 1 saturated heterocycles. The van der Waals surface area contributed by atoms with Crippen LogP contribution in [0.2, 0.25) is 5.02 Å². The van der Waals surface area contributed by atoms with Crippen LogP contribution in [0.5, 0.6) is 0 Å². The third kappa shape index (κ3) is 5.63. The maximum atomic E-state index is 14.7. The van der Waals surface area contributed by atoms with Gasteiger partial charge < -0.3 is 18.8 Å². The number of aromatic carboxylic acids is 1. The maximum absolute atomic E-state index is 14.7. The van der Waals surface area contributed by atoms with Crippen LogP contribution in [-0.4, -0.2) is 42.9 Å². The van der Waals surface area contributed by atoms with E-state index in [0.717, 1.165) is 45.7 Å². The average Bonchev–Trinajstić information content (AvgIpc) is 3.66. The van der Waals surface area contributed by atoms with E-state index in [1.807, 2.05) is 42.5 Å². The number of benzene rings is 2. The molecule has 1 unspecified atom stereocenters. The van der Waals surface area contributed by atoms with E-state index < -0.39 is 13.5 Å². The maximum Gasteiger partial charge on any atom is 0.348 e. The Kier molecular flexibility index (Phi) is 8.21. The smallest absolute Gasteiger partial charge is 0.348 e. The minimum Gasteiger partial charge on any atom is -0.477 e. The van der Waals surface area contributed by atoms with E-state index >= 15 is 0 Å². The summed E-state index contributed by atoms with van der Waals surface area (Å²) in [5.41, 5.74) is 3.55. The first-order valence-electron chi connectivity index (χ1n) is 13.5. The Morgan fingerprint density at radius 1 is 1.10 bits per heavy atom. The number of ether oxygens (including phenoxy) is 1. The van der Waals surface area contributed by atoms with Crippen molar-refractivity contribution < 1.29 is 28.1 Å². The Labute approximate surface area is 252 Å². The van der Waals surface area contributed by atoms with Crippen molar-refractivity contribution in [3.63, 3.8) is 0 Å². The molecule has 1 atom stereocenters. The van der Waals surface area contributed by atoms with E-state index in [9.17, 15) is 14.5 Å². The van der Waals surface area contributed by atoms with Crippen molar-refractivity contribution in [1.82, 2.24) is 4.98 Å². The number of rotatable bonds is 9. The zero-order chi connectivity index (χ0) is 29.3. The van der Waals surface area contributed by atoms with Gasteiger partial charge in [0.15, 0.2) is 5.58 Å². The van der Waals surface area contributed by atoms with Gasteiger partial charge >= 0.3 is 13.5 Å². The number of thiophene rings is 1. The van der Waals surface area contributed by atoms with Gasteiger partial charge in [0.1, 0.15) is 16.2 Å². The number of pyridine rings is 1. The SMILES string of the molecule is COP(=O)(c1ccc(Cl)cc1)N(CC1CCOCC1)c1cc(-c2ccc(-c3cc4ncccc4o3)cc2)sc1C(=O)O. The number of hydrogen-bond acceptors (Lipinski definition) is 7. The fraction of sp³-hybridized carbons (Fsp3) is 0.226. The van der Waals surface area contributed by atoms with Gasteiger partial charge in [0.2, 0.25) is 0 Å². The van der Waals surface area contributed by atoms with Crippen LogP contribution in [0.1, 0.15) is 22.5 Å². The van der Waals surface area contributed by atoms with Crippen molar-refractivity contribution in [2.24, 2.45) is 5.92 Å². The second kappa shape index (κ2) is 12.0. The number of furan rings is 1. The number of carbonyl (C=O) groups is 1. The summed E-state index contributed by atoms with van der Waals surface area (Å²) in [4.78, 5) is 17.7. The second-order valence-electron chi connectivity index (χ2n) is 10.0. The van der Waals surface area contributed by atoms with Crippen LogP contribution in [0, 0.1) is 5.92 Å². The molecule has 0 radical (unpaired) electrons. The lowest BCUT2D eigenvalue weighted by Gasteiger charge is -2.36. The van der Waals surface area contributed by atoms with Crippen molar-refractivity contribution in [1.29, 1.82) is 0 Å². The normalized spacial score (nSPS) is 15.5. The number of carboxylic acids is 1. The molecule has 1 aliphatic heterocycles. The van der Waals surface area contributed by atoms with Gasteiger partial charge in [-0.2, -0.15) is 0 Å². The molecule has 0 bridgehead atoms. The molecule has 4 heterocycles. The van der Waals surface area contributed by atoms with Gasteiger partial charge in [0.25, 0.3) is 0 Å². The van der Waals surface area contributed by atoms with Crippen LogP contribution in [0.25, 0.3) is 32.9 Å². The van der Waals surface area contributed by atoms with Crippen molar-refractivity contribution in [3.8, 4) is 21.8 Å². The highest BCUT2D eigenvalue weighted by Crippen LogP contribution is 2.55. The molecule has 216 valence electrons. The summed E-state index contributed by atoms with van der Waals surface area (Å²) < 4.78 is 33.6. The molecule has 1 N–H and O–H groups in total. The number of aromatic nitrogens is 1. The van der Waals surface area contributed by atoms with E-state index in [4.69, 9.17) is 25.3 Å². The Morgan fingerprint density at radius 3 is 2.48 bits per heavy atom. The van der Waals surface area contributed by atoms with E-state index in [-0.39, 0.29) is 10.8 Å². The molecule has 42 heavy (non-hydrogen) atoms. The molecule has 1 fully saturated rings. The predicted molar refractivity (Wildman–Crippen MR) is 166 cm³/mol. The molecule has 11 heteroatoms. The molecule has 8 nitrogen and oxygen atoms in total. The molecule has 6 rings (SSSR count). The molecule has 0 saturated carbocycles. The predicted octanol–water partition coefficient (Wildman–Crippen LogP) is 7.97. The minimum atomic E-state index is -3.72. The Hall–Kier alpha value is -3.46. The largest absolute Gasteiger partial charge is 0.477 e. The summed E-state index contributed by atoms with van der Waals surface area (Å²) in [6, 6.07) is 21.8. The van der Waals surface area contributed by atoms with E-state index in [0.29, 0.717) is 47.1 Å². The quantitative estimate of drug-likeness (QED) is 0.165. The zero-order valence-electron chi connectivity index (χ0n) is 22.7. The summed E-state index contributed by atoms with van der Waals surface area (Å²) in [7, 11) is -2.32. The highest BCUT2D eigenvalue weighted by atomic mass is 35.5. The standard InChI is InChI=1S/C31H28ClN2O6PS/c1-38-41(37,24-10-8-23(32)9-11-24)34(19-20-12-15-39-16-13-20)26-18-29(42-30(26)31(35)36)22-6-4-21(5-7-22)28-17-25-27(40-28)3-2-14-33-25/h2-11,14,17-18,20H,12-13,15-16,19H2,1H3,(H,35,36). The molecular formula is C31H28ClN2O6PS. The summed E-state index contributed by atoms with van der Waals surface area (Å²) in [5, 5.41) is 11.2. The second-order valence-corrected chi connectivity index (χ2v) is 13.9. The summed E-state index contributed by atoms with van der Waals surface area (Å²) in [6.07, 6.45) is 3.28. The van der Waals surface area contributed by atoms with Crippen molar-refractivity contribution in [2.75, 3.05) is 31.5 Å². The lowest BCUT2D eigenvalue weighted by Crippen LogP contribution is -2.34. The van der Waals surface area contributed by atoms with Gasteiger partial charge in [-0.25, -0.2) is 4.79 Å². The number of carboxylic acid groups (broad SMARTS) is 1. The number of anilines is 1. The molecule has 1 aliphatic rings. The van der Waals surface area contributed by atoms with Gasteiger partial charge in [-0.15, -0.1) is 11.3 Å². The molecule has 0 aliphatic carbocycles. The van der Waals surface area contributed by atoms with Crippen LogP contribution in [-0.2, 0) is 13.8 Å². The Bertz CT molecular complexity index is 1730.